The molecule has 0 saturated heterocycles. The molecule has 5 N–H and O–H groups in total. The quantitative estimate of drug-likeness (QED) is 0.353. The second-order valence-electron chi connectivity index (χ2n) is 3.30. The van der Waals surface area contributed by atoms with Crippen LogP contribution in [0.2, 0.25) is 0 Å². The normalized spacial score (nSPS) is 13.3. The highest BCUT2D eigenvalue weighted by atomic mass is 16.4. The Labute approximate surface area is 85.4 Å². The van der Waals surface area contributed by atoms with Crippen LogP contribution in [0.4, 0.5) is 0 Å². The number of hydrazine groups is 1. The molecular formula is C9H12N4O2. The van der Waals surface area contributed by atoms with Gasteiger partial charge in [0.15, 0.2) is 5.58 Å². The van der Waals surface area contributed by atoms with Crippen LogP contribution < -0.4 is 22.8 Å². The molecule has 1 atom stereocenters. The Balaban J connectivity index is 2.64. The highest BCUT2D eigenvalue weighted by Crippen LogP contribution is 2.16. The molecule has 1 aromatic heterocycles. The molecule has 0 saturated carbocycles. The number of aromatic nitrogens is 1. The minimum Gasteiger partial charge on any atom is -0.408 e. The summed E-state index contributed by atoms with van der Waals surface area (Å²) in [5.74, 6) is 4.83. The molecule has 1 aromatic carbocycles. The lowest BCUT2D eigenvalue weighted by molar-refractivity contribution is 0.528. The first-order valence-electron chi connectivity index (χ1n) is 4.44. The van der Waals surface area contributed by atoms with Crippen LogP contribution in [0, 0.1) is 0 Å². The van der Waals surface area contributed by atoms with Crippen molar-refractivity contribution in [2.75, 3.05) is 0 Å². The van der Waals surface area contributed by atoms with Crippen molar-refractivity contribution < 1.29 is 4.42 Å². The average Bonchev–Trinajstić information content (AvgIpc) is 2.54. The Kier molecular flexibility index (Phi) is 2.31. The predicted octanol–water partition coefficient (Wildman–Crippen LogP) is -0.448. The van der Waals surface area contributed by atoms with E-state index < -0.39 is 11.9 Å². The van der Waals surface area contributed by atoms with E-state index in [2.05, 4.69) is 5.43 Å². The summed E-state index contributed by atoms with van der Waals surface area (Å²) >= 11 is 0. The Bertz CT molecular complexity index is 543. The molecule has 0 fully saturated rings. The number of nitrogens with zero attached hydrogens (tertiary/aromatic N) is 1. The summed E-state index contributed by atoms with van der Waals surface area (Å²) in [7, 11) is 1.64. The van der Waals surface area contributed by atoms with E-state index in [9.17, 15) is 4.79 Å². The molecule has 0 radical (unpaired) electrons. The van der Waals surface area contributed by atoms with Crippen molar-refractivity contribution in [1.29, 1.82) is 0 Å². The summed E-state index contributed by atoms with van der Waals surface area (Å²) in [4.78, 5) is 11.2. The van der Waals surface area contributed by atoms with Crippen molar-refractivity contribution in [3.05, 3.63) is 34.3 Å². The summed E-state index contributed by atoms with van der Waals surface area (Å²) in [6.07, 6.45) is -0.459. The third-order valence-electron chi connectivity index (χ3n) is 2.35. The van der Waals surface area contributed by atoms with Gasteiger partial charge in [-0.1, -0.05) is 6.07 Å². The van der Waals surface area contributed by atoms with Crippen LogP contribution in [-0.4, -0.2) is 4.57 Å². The SMILES string of the molecule is Cn1c(=O)oc2ccc(C(N)NN)cc21. The summed E-state index contributed by atoms with van der Waals surface area (Å²) < 4.78 is 6.40. The number of fused-ring (bicyclic) bond motifs is 1. The number of aryl methyl sites for hydroxylation is 1. The van der Waals surface area contributed by atoms with Gasteiger partial charge < -0.3 is 10.2 Å². The number of oxazole rings is 1. The van der Waals surface area contributed by atoms with Gasteiger partial charge in [0.2, 0.25) is 0 Å². The van der Waals surface area contributed by atoms with Crippen LogP contribution in [-0.2, 0) is 7.05 Å². The van der Waals surface area contributed by atoms with E-state index in [4.69, 9.17) is 16.0 Å². The standard InChI is InChI=1S/C9H12N4O2/c1-13-6-4-5(8(10)12-11)2-3-7(6)15-9(13)14/h2-4,8,12H,10-11H2,1H3. The summed E-state index contributed by atoms with van der Waals surface area (Å²) in [6.45, 7) is 0. The number of nitrogens with two attached hydrogens (primary N) is 2. The molecule has 6 nitrogen and oxygen atoms in total. The van der Waals surface area contributed by atoms with Gasteiger partial charge in [-0.25, -0.2) is 10.2 Å². The molecule has 0 amide bonds. The first-order valence-corrected chi connectivity index (χ1v) is 4.44. The molecule has 0 bridgehead atoms. The van der Waals surface area contributed by atoms with Crippen molar-refractivity contribution in [3.63, 3.8) is 0 Å². The summed E-state index contributed by atoms with van der Waals surface area (Å²) in [6, 6.07) is 5.23. The van der Waals surface area contributed by atoms with E-state index in [1.807, 2.05) is 0 Å². The van der Waals surface area contributed by atoms with Crippen LogP contribution >= 0.6 is 0 Å². The second-order valence-corrected chi connectivity index (χ2v) is 3.30. The van der Waals surface area contributed by atoms with E-state index in [-0.39, 0.29) is 0 Å². The number of hydrogen-bond acceptors (Lipinski definition) is 5. The molecule has 1 unspecified atom stereocenters. The molecule has 6 heteroatoms. The maximum atomic E-state index is 11.2. The zero-order chi connectivity index (χ0) is 11.0. The maximum Gasteiger partial charge on any atom is 0.419 e. The fourth-order valence-corrected chi connectivity index (χ4v) is 1.43. The Morgan fingerprint density at radius 2 is 2.27 bits per heavy atom. The molecule has 0 spiro atoms. The molecular weight excluding hydrogens is 196 g/mol. The number of hydrogen-bond donors (Lipinski definition) is 3. The Hall–Kier alpha value is -1.63. The zero-order valence-electron chi connectivity index (χ0n) is 8.23. The van der Waals surface area contributed by atoms with Gasteiger partial charge >= 0.3 is 5.76 Å². The highest BCUT2D eigenvalue weighted by molar-refractivity contribution is 5.73. The third-order valence-corrected chi connectivity index (χ3v) is 2.35. The van der Waals surface area contributed by atoms with Crippen molar-refractivity contribution in [2.45, 2.75) is 6.17 Å². The van der Waals surface area contributed by atoms with Gasteiger partial charge in [-0.05, 0) is 17.7 Å². The topological polar surface area (TPSA) is 99.2 Å². The van der Waals surface area contributed by atoms with E-state index in [1.165, 1.54) is 4.57 Å². The molecule has 2 aromatic rings. The highest BCUT2D eigenvalue weighted by Gasteiger charge is 2.09. The van der Waals surface area contributed by atoms with Gasteiger partial charge in [0.05, 0.1) is 11.7 Å². The van der Waals surface area contributed by atoms with Gasteiger partial charge in [-0.15, -0.1) is 0 Å². The van der Waals surface area contributed by atoms with Crippen LogP contribution in [0.25, 0.3) is 11.1 Å². The van der Waals surface area contributed by atoms with E-state index in [0.717, 1.165) is 5.56 Å². The smallest absolute Gasteiger partial charge is 0.408 e. The minimum absolute atomic E-state index is 0.392. The third kappa shape index (κ3) is 1.54. The lowest BCUT2D eigenvalue weighted by Crippen LogP contribution is -2.34. The Morgan fingerprint density at radius 3 is 2.93 bits per heavy atom. The monoisotopic (exact) mass is 208 g/mol. The van der Waals surface area contributed by atoms with Crippen molar-refractivity contribution in [2.24, 2.45) is 18.6 Å². The van der Waals surface area contributed by atoms with Gasteiger partial charge in [0, 0.05) is 7.05 Å². The fourth-order valence-electron chi connectivity index (χ4n) is 1.43. The second kappa shape index (κ2) is 3.50. The molecule has 0 aliphatic heterocycles. The minimum atomic E-state index is -0.459. The molecule has 15 heavy (non-hydrogen) atoms. The van der Waals surface area contributed by atoms with Crippen molar-refractivity contribution in [1.82, 2.24) is 9.99 Å². The first-order chi connectivity index (χ1) is 7.13. The maximum absolute atomic E-state index is 11.2. The lowest BCUT2D eigenvalue weighted by atomic mass is 10.1. The lowest BCUT2D eigenvalue weighted by Gasteiger charge is -2.09. The van der Waals surface area contributed by atoms with E-state index in [1.54, 1.807) is 25.2 Å². The zero-order valence-corrected chi connectivity index (χ0v) is 8.23. The number of nitrogens with one attached hydrogen (secondary N) is 1. The summed E-state index contributed by atoms with van der Waals surface area (Å²) in [5.41, 5.74) is 10.1. The summed E-state index contributed by atoms with van der Waals surface area (Å²) in [5, 5.41) is 0. The number of rotatable bonds is 2. The average molecular weight is 208 g/mol. The van der Waals surface area contributed by atoms with Gasteiger partial charge in [-0.2, -0.15) is 0 Å². The fraction of sp³-hybridized carbons (Fsp3) is 0.222. The van der Waals surface area contributed by atoms with Gasteiger partial charge in [0.1, 0.15) is 0 Å². The molecule has 0 aliphatic rings. The van der Waals surface area contributed by atoms with Crippen LogP contribution in [0.1, 0.15) is 11.7 Å². The molecule has 2 rings (SSSR count). The van der Waals surface area contributed by atoms with Crippen LogP contribution in [0.5, 0.6) is 0 Å². The first kappa shape index (κ1) is 9.91. The molecule has 80 valence electrons. The van der Waals surface area contributed by atoms with Crippen molar-refractivity contribution >= 4 is 11.1 Å². The van der Waals surface area contributed by atoms with Crippen LogP contribution in [0.3, 0.4) is 0 Å². The predicted molar refractivity (Wildman–Crippen MR) is 55.7 cm³/mol. The van der Waals surface area contributed by atoms with Gasteiger partial charge in [0.25, 0.3) is 0 Å². The Morgan fingerprint density at radius 1 is 1.53 bits per heavy atom. The van der Waals surface area contributed by atoms with Crippen LogP contribution in [0.15, 0.2) is 27.4 Å². The van der Waals surface area contributed by atoms with E-state index >= 15 is 0 Å². The van der Waals surface area contributed by atoms with Gasteiger partial charge in [-0.3, -0.25) is 10.4 Å². The molecule has 0 aliphatic carbocycles. The molecule has 1 heterocycles. The largest absolute Gasteiger partial charge is 0.419 e. The number of benzene rings is 1. The van der Waals surface area contributed by atoms with E-state index in [0.29, 0.717) is 11.1 Å². The van der Waals surface area contributed by atoms with Crippen molar-refractivity contribution in [3.8, 4) is 0 Å².